The summed E-state index contributed by atoms with van der Waals surface area (Å²) in [7, 11) is 0. The first-order valence-corrected chi connectivity index (χ1v) is 6.35. The van der Waals surface area contributed by atoms with Crippen molar-refractivity contribution in [3.05, 3.63) is 35.4 Å². The molecule has 19 heavy (non-hydrogen) atoms. The van der Waals surface area contributed by atoms with E-state index in [4.69, 9.17) is 5.73 Å². The third kappa shape index (κ3) is 5.52. The minimum atomic E-state index is -0.652. The van der Waals surface area contributed by atoms with Crippen LogP contribution >= 0.6 is 0 Å². The van der Waals surface area contributed by atoms with Crippen molar-refractivity contribution >= 4 is 11.8 Å². The van der Waals surface area contributed by atoms with Crippen molar-refractivity contribution in [2.24, 2.45) is 5.73 Å². The maximum atomic E-state index is 11.8. The van der Waals surface area contributed by atoms with Crippen LogP contribution in [0, 0.1) is 6.92 Å². The van der Waals surface area contributed by atoms with Crippen LogP contribution in [-0.4, -0.2) is 24.9 Å². The molecule has 0 saturated heterocycles. The van der Waals surface area contributed by atoms with Gasteiger partial charge in [0.15, 0.2) is 0 Å². The molecular formula is C14H21N3O2. The minimum Gasteiger partial charge on any atom is -0.356 e. The molecule has 0 aliphatic carbocycles. The van der Waals surface area contributed by atoms with Gasteiger partial charge in [0.1, 0.15) is 6.04 Å². The summed E-state index contributed by atoms with van der Waals surface area (Å²) in [6.45, 7) is 4.50. The Morgan fingerprint density at radius 3 is 2.32 bits per heavy atom. The van der Waals surface area contributed by atoms with E-state index < -0.39 is 6.04 Å². The second kappa shape index (κ2) is 7.53. The zero-order chi connectivity index (χ0) is 14.3. The van der Waals surface area contributed by atoms with Crippen LogP contribution in [0.3, 0.4) is 0 Å². The van der Waals surface area contributed by atoms with Crippen LogP contribution in [0.2, 0.25) is 0 Å². The van der Waals surface area contributed by atoms with Gasteiger partial charge in [-0.05, 0) is 18.9 Å². The number of rotatable bonds is 6. The van der Waals surface area contributed by atoms with Crippen molar-refractivity contribution in [1.82, 2.24) is 10.6 Å². The fourth-order valence-corrected chi connectivity index (χ4v) is 1.60. The van der Waals surface area contributed by atoms with Gasteiger partial charge in [-0.1, -0.05) is 29.8 Å². The highest BCUT2D eigenvalue weighted by Gasteiger charge is 2.14. The Morgan fingerprint density at radius 1 is 1.16 bits per heavy atom. The van der Waals surface area contributed by atoms with Crippen LogP contribution in [0.1, 0.15) is 30.5 Å². The molecule has 1 atom stereocenters. The molecule has 1 aromatic carbocycles. The van der Waals surface area contributed by atoms with E-state index in [1.165, 1.54) is 6.92 Å². The first-order valence-electron chi connectivity index (χ1n) is 6.35. The lowest BCUT2D eigenvalue weighted by Crippen LogP contribution is -2.35. The standard InChI is InChI=1S/C14H21N3O2/c1-10-4-6-12(7-5-10)13(15)14(19)17-9-3-8-16-11(2)18/h4-7,13H,3,8-9,15H2,1-2H3,(H,16,18)(H,17,19). The van der Waals surface area contributed by atoms with E-state index in [1.807, 2.05) is 31.2 Å². The molecule has 0 aliphatic rings. The second-order valence-electron chi connectivity index (χ2n) is 4.52. The molecule has 0 aliphatic heterocycles. The monoisotopic (exact) mass is 263 g/mol. The zero-order valence-electron chi connectivity index (χ0n) is 11.4. The van der Waals surface area contributed by atoms with Gasteiger partial charge < -0.3 is 16.4 Å². The zero-order valence-corrected chi connectivity index (χ0v) is 11.4. The van der Waals surface area contributed by atoms with E-state index in [1.54, 1.807) is 0 Å². The van der Waals surface area contributed by atoms with Gasteiger partial charge in [0.2, 0.25) is 11.8 Å². The Labute approximate surface area is 113 Å². The molecule has 0 bridgehead atoms. The SMILES string of the molecule is CC(=O)NCCCNC(=O)C(N)c1ccc(C)cc1. The van der Waals surface area contributed by atoms with Crippen LogP contribution in [0.5, 0.6) is 0 Å². The molecule has 0 saturated carbocycles. The molecular weight excluding hydrogens is 242 g/mol. The van der Waals surface area contributed by atoms with Crippen molar-refractivity contribution in [3.8, 4) is 0 Å². The maximum Gasteiger partial charge on any atom is 0.241 e. The number of nitrogens with one attached hydrogen (secondary N) is 2. The van der Waals surface area contributed by atoms with E-state index in [9.17, 15) is 9.59 Å². The molecule has 0 aromatic heterocycles. The van der Waals surface area contributed by atoms with Crippen molar-refractivity contribution in [2.75, 3.05) is 13.1 Å². The Hall–Kier alpha value is -1.88. The predicted molar refractivity (Wildman–Crippen MR) is 74.4 cm³/mol. The molecule has 4 N–H and O–H groups in total. The number of carbonyl (C=O) groups is 2. The van der Waals surface area contributed by atoms with E-state index in [2.05, 4.69) is 10.6 Å². The number of hydrogen-bond donors (Lipinski definition) is 3. The van der Waals surface area contributed by atoms with Gasteiger partial charge >= 0.3 is 0 Å². The number of aryl methyl sites for hydroxylation is 1. The van der Waals surface area contributed by atoms with Gasteiger partial charge in [-0.3, -0.25) is 9.59 Å². The van der Waals surface area contributed by atoms with Gasteiger partial charge in [-0.2, -0.15) is 0 Å². The van der Waals surface area contributed by atoms with Gasteiger partial charge in [0, 0.05) is 20.0 Å². The van der Waals surface area contributed by atoms with Crippen LogP contribution in [0.25, 0.3) is 0 Å². The van der Waals surface area contributed by atoms with Crippen LogP contribution in [0.4, 0.5) is 0 Å². The average molecular weight is 263 g/mol. The fourth-order valence-electron chi connectivity index (χ4n) is 1.60. The molecule has 104 valence electrons. The molecule has 0 radical (unpaired) electrons. The average Bonchev–Trinajstić information content (AvgIpc) is 2.37. The summed E-state index contributed by atoms with van der Waals surface area (Å²) < 4.78 is 0. The highest BCUT2D eigenvalue weighted by atomic mass is 16.2. The van der Waals surface area contributed by atoms with Crippen molar-refractivity contribution in [1.29, 1.82) is 0 Å². The van der Waals surface area contributed by atoms with Gasteiger partial charge in [0.25, 0.3) is 0 Å². The highest BCUT2D eigenvalue weighted by molar-refractivity contribution is 5.82. The molecule has 5 nitrogen and oxygen atoms in total. The van der Waals surface area contributed by atoms with E-state index in [0.717, 1.165) is 11.1 Å². The third-order valence-electron chi connectivity index (χ3n) is 2.75. The first-order chi connectivity index (χ1) is 9.00. The number of amides is 2. The predicted octanol–water partition coefficient (Wildman–Crippen LogP) is 0.637. The van der Waals surface area contributed by atoms with Crippen molar-refractivity contribution in [2.45, 2.75) is 26.3 Å². The van der Waals surface area contributed by atoms with E-state index >= 15 is 0 Å². The van der Waals surface area contributed by atoms with Gasteiger partial charge in [-0.15, -0.1) is 0 Å². The lowest BCUT2D eigenvalue weighted by Gasteiger charge is -2.13. The van der Waals surface area contributed by atoms with Crippen LogP contribution in [-0.2, 0) is 9.59 Å². The van der Waals surface area contributed by atoms with Crippen LogP contribution in [0.15, 0.2) is 24.3 Å². The summed E-state index contributed by atoms with van der Waals surface area (Å²) in [5.74, 6) is -0.269. The molecule has 0 heterocycles. The molecule has 1 unspecified atom stereocenters. The Morgan fingerprint density at radius 2 is 1.74 bits per heavy atom. The topological polar surface area (TPSA) is 84.2 Å². The lowest BCUT2D eigenvalue weighted by atomic mass is 10.1. The summed E-state index contributed by atoms with van der Waals surface area (Å²) in [6.07, 6.45) is 0.686. The van der Waals surface area contributed by atoms with Gasteiger partial charge in [0.05, 0.1) is 0 Å². The number of benzene rings is 1. The molecule has 0 spiro atoms. The quantitative estimate of drug-likeness (QED) is 0.658. The summed E-state index contributed by atoms with van der Waals surface area (Å²) >= 11 is 0. The maximum absolute atomic E-state index is 11.8. The van der Waals surface area contributed by atoms with E-state index in [-0.39, 0.29) is 11.8 Å². The Kier molecular flexibility index (Phi) is 6.02. The molecule has 2 amide bonds. The highest BCUT2D eigenvalue weighted by Crippen LogP contribution is 2.11. The molecule has 1 aromatic rings. The smallest absolute Gasteiger partial charge is 0.241 e. The second-order valence-corrected chi connectivity index (χ2v) is 4.52. The largest absolute Gasteiger partial charge is 0.356 e. The summed E-state index contributed by atoms with van der Waals surface area (Å²) in [5.41, 5.74) is 7.80. The first kappa shape index (κ1) is 15.2. The fraction of sp³-hybridized carbons (Fsp3) is 0.429. The van der Waals surface area contributed by atoms with Crippen molar-refractivity contribution in [3.63, 3.8) is 0 Å². The number of nitrogens with two attached hydrogens (primary N) is 1. The summed E-state index contributed by atoms with van der Waals surface area (Å²) in [4.78, 5) is 22.4. The van der Waals surface area contributed by atoms with Crippen LogP contribution < -0.4 is 16.4 Å². The normalized spacial score (nSPS) is 11.7. The lowest BCUT2D eigenvalue weighted by molar-refractivity contribution is -0.122. The third-order valence-corrected chi connectivity index (χ3v) is 2.75. The summed E-state index contributed by atoms with van der Waals surface area (Å²) in [5, 5.41) is 5.42. The minimum absolute atomic E-state index is 0.0670. The molecule has 5 heteroatoms. The Bertz CT molecular complexity index is 429. The van der Waals surface area contributed by atoms with Gasteiger partial charge in [-0.25, -0.2) is 0 Å². The number of hydrogen-bond acceptors (Lipinski definition) is 3. The molecule has 1 rings (SSSR count). The summed E-state index contributed by atoms with van der Waals surface area (Å²) in [6, 6.07) is 6.92. The van der Waals surface area contributed by atoms with E-state index in [0.29, 0.717) is 19.5 Å². The molecule has 0 fully saturated rings. The van der Waals surface area contributed by atoms with Crippen molar-refractivity contribution < 1.29 is 9.59 Å². The number of carbonyl (C=O) groups excluding carboxylic acids is 2. The Balaban J connectivity index is 2.32.